The lowest BCUT2D eigenvalue weighted by molar-refractivity contribution is 0.722. The van der Waals surface area contributed by atoms with Crippen molar-refractivity contribution in [3.05, 3.63) is 16.6 Å². The number of thiazole rings is 1. The molecule has 3 heteroatoms. The van der Waals surface area contributed by atoms with Crippen LogP contribution in [0.1, 0.15) is 13.4 Å². The average molecular weight is 144 g/mol. The highest BCUT2D eigenvalue weighted by Gasteiger charge is 1.89. The van der Waals surface area contributed by atoms with Crippen LogP contribution in [0.4, 0.5) is 0 Å². The second-order valence-corrected chi connectivity index (χ2v) is 2.69. The molecule has 9 heavy (non-hydrogen) atoms. The van der Waals surface area contributed by atoms with Crippen molar-refractivity contribution in [2.24, 2.45) is 0 Å². The van der Waals surface area contributed by atoms with E-state index in [9.17, 15) is 0 Å². The zero-order chi connectivity index (χ0) is 6.53. The average Bonchev–Trinajstić information content (AvgIpc) is 2.34. The summed E-state index contributed by atoms with van der Waals surface area (Å²) in [4.78, 5) is 4.11. The highest BCUT2D eigenvalue weighted by Crippen LogP contribution is 2.01. The Hall–Kier alpha value is -0.410. The lowest BCUT2D eigenvalue weighted by Crippen LogP contribution is -2.11. The highest BCUT2D eigenvalue weighted by molar-refractivity contribution is 7.09. The van der Waals surface area contributed by atoms with Gasteiger partial charge in [-0.25, -0.2) is 4.98 Å². The number of nitrogens with zero attached hydrogens (tertiary/aromatic N) is 1. The minimum absolute atomic E-state index is 0. The summed E-state index contributed by atoms with van der Waals surface area (Å²) in [6.07, 6.45) is 1.83. The van der Waals surface area contributed by atoms with Gasteiger partial charge < -0.3 is 5.32 Å². The fourth-order valence-corrected chi connectivity index (χ4v) is 1.16. The van der Waals surface area contributed by atoms with Gasteiger partial charge in [-0.05, 0) is 6.54 Å². The maximum Gasteiger partial charge on any atom is 0.106 e. The van der Waals surface area contributed by atoms with Crippen molar-refractivity contribution in [1.29, 1.82) is 0 Å². The summed E-state index contributed by atoms with van der Waals surface area (Å²) in [5.41, 5.74) is 0. The number of nitrogens with one attached hydrogen (secondary N) is 1. The largest absolute Gasteiger partial charge is 0.311 e. The summed E-state index contributed by atoms with van der Waals surface area (Å²) < 4.78 is 0. The summed E-state index contributed by atoms with van der Waals surface area (Å²) >= 11 is 1.69. The molecule has 0 bridgehead atoms. The Morgan fingerprint density at radius 3 is 3.33 bits per heavy atom. The zero-order valence-electron chi connectivity index (χ0n) is 5.42. The standard InChI is InChI=1S/C6H10N2S.H2/c1-2-7-5-6-8-3-4-9-6;/h3-4,7H,2,5H2,1H3;1H. The number of hydrogen-bond acceptors (Lipinski definition) is 3. The van der Waals surface area contributed by atoms with Gasteiger partial charge in [0.1, 0.15) is 5.01 Å². The molecule has 0 atom stereocenters. The lowest BCUT2D eigenvalue weighted by Gasteiger charge is -1.93. The molecule has 0 aliphatic carbocycles. The summed E-state index contributed by atoms with van der Waals surface area (Å²) in [5.74, 6) is 0. The predicted octanol–water partition coefficient (Wildman–Crippen LogP) is 1.50. The predicted molar refractivity (Wildman–Crippen MR) is 41.6 cm³/mol. The molecule has 0 amide bonds. The molecule has 0 saturated heterocycles. The molecule has 0 aliphatic heterocycles. The summed E-state index contributed by atoms with van der Waals surface area (Å²) in [7, 11) is 0. The van der Waals surface area contributed by atoms with Crippen LogP contribution in [0.15, 0.2) is 11.6 Å². The van der Waals surface area contributed by atoms with E-state index in [1.165, 1.54) is 0 Å². The molecule has 0 spiro atoms. The minimum Gasteiger partial charge on any atom is -0.311 e. The van der Waals surface area contributed by atoms with E-state index in [0.29, 0.717) is 0 Å². The minimum atomic E-state index is 0. The second-order valence-electron chi connectivity index (χ2n) is 1.71. The molecule has 0 aliphatic rings. The molecule has 1 rings (SSSR count). The van der Waals surface area contributed by atoms with E-state index in [-0.39, 0.29) is 1.43 Å². The van der Waals surface area contributed by atoms with E-state index in [4.69, 9.17) is 0 Å². The van der Waals surface area contributed by atoms with Crippen molar-refractivity contribution >= 4 is 11.3 Å². The molecule has 0 radical (unpaired) electrons. The first kappa shape index (κ1) is 6.71. The monoisotopic (exact) mass is 144 g/mol. The number of rotatable bonds is 3. The van der Waals surface area contributed by atoms with Gasteiger partial charge in [-0.15, -0.1) is 11.3 Å². The first-order chi connectivity index (χ1) is 4.43. The van der Waals surface area contributed by atoms with Gasteiger partial charge in [0, 0.05) is 19.5 Å². The normalized spacial score (nSPS) is 9.89. The molecule has 2 nitrogen and oxygen atoms in total. The summed E-state index contributed by atoms with van der Waals surface area (Å²) in [6.45, 7) is 4.02. The molecule has 1 heterocycles. The van der Waals surface area contributed by atoms with E-state index in [0.717, 1.165) is 18.1 Å². The third-order valence-electron chi connectivity index (χ3n) is 1.01. The fraction of sp³-hybridized carbons (Fsp3) is 0.500. The highest BCUT2D eigenvalue weighted by atomic mass is 32.1. The van der Waals surface area contributed by atoms with E-state index < -0.39 is 0 Å². The van der Waals surface area contributed by atoms with Crippen LogP contribution in [0, 0.1) is 0 Å². The van der Waals surface area contributed by atoms with Crippen LogP contribution in [-0.4, -0.2) is 11.5 Å². The van der Waals surface area contributed by atoms with Crippen molar-refractivity contribution in [2.75, 3.05) is 6.54 Å². The van der Waals surface area contributed by atoms with Gasteiger partial charge in [-0.2, -0.15) is 0 Å². The van der Waals surface area contributed by atoms with Gasteiger partial charge in [0.05, 0.1) is 0 Å². The first-order valence-corrected chi connectivity index (χ1v) is 3.90. The van der Waals surface area contributed by atoms with E-state index in [2.05, 4.69) is 17.2 Å². The zero-order valence-corrected chi connectivity index (χ0v) is 6.24. The van der Waals surface area contributed by atoms with Crippen LogP contribution in [0.5, 0.6) is 0 Å². The molecule has 0 fully saturated rings. The van der Waals surface area contributed by atoms with Crippen LogP contribution >= 0.6 is 11.3 Å². The van der Waals surface area contributed by atoms with Crippen LogP contribution < -0.4 is 5.32 Å². The molecule has 1 aromatic rings. The number of hydrogen-bond donors (Lipinski definition) is 1. The van der Waals surface area contributed by atoms with Crippen molar-refractivity contribution in [2.45, 2.75) is 13.5 Å². The van der Waals surface area contributed by atoms with Crippen molar-refractivity contribution < 1.29 is 1.43 Å². The van der Waals surface area contributed by atoms with Gasteiger partial charge in [0.25, 0.3) is 0 Å². The van der Waals surface area contributed by atoms with Crippen LogP contribution in [0.2, 0.25) is 0 Å². The van der Waals surface area contributed by atoms with Gasteiger partial charge in [0.2, 0.25) is 0 Å². The van der Waals surface area contributed by atoms with Gasteiger partial charge >= 0.3 is 0 Å². The maximum atomic E-state index is 4.11. The van der Waals surface area contributed by atoms with Crippen molar-refractivity contribution in [3.8, 4) is 0 Å². The Balaban J connectivity index is 0.000000810. The van der Waals surface area contributed by atoms with Crippen molar-refractivity contribution in [3.63, 3.8) is 0 Å². The lowest BCUT2D eigenvalue weighted by atomic mass is 10.6. The Labute approximate surface area is 60.4 Å². The van der Waals surface area contributed by atoms with Crippen LogP contribution in [-0.2, 0) is 6.54 Å². The van der Waals surface area contributed by atoms with Crippen LogP contribution in [0.25, 0.3) is 0 Å². The molecule has 52 valence electrons. The molecule has 1 N–H and O–H groups in total. The third-order valence-corrected chi connectivity index (χ3v) is 1.79. The van der Waals surface area contributed by atoms with E-state index >= 15 is 0 Å². The maximum absolute atomic E-state index is 4.11. The Morgan fingerprint density at radius 2 is 2.78 bits per heavy atom. The Bertz CT molecular complexity index is 153. The van der Waals surface area contributed by atoms with Crippen molar-refractivity contribution in [1.82, 2.24) is 10.3 Å². The number of aromatic nitrogens is 1. The quantitative estimate of drug-likeness (QED) is 0.695. The van der Waals surface area contributed by atoms with E-state index in [1.54, 1.807) is 11.3 Å². The molecule has 0 aromatic carbocycles. The summed E-state index contributed by atoms with van der Waals surface area (Å²) in [5, 5.41) is 6.36. The first-order valence-electron chi connectivity index (χ1n) is 3.02. The topological polar surface area (TPSA) is 24.9 Å². The van der Waals surface area contributed by atoms with Gasteiger partial charge in [-0.1, -0.05) is 6.92 Å². The molecule has 1 aromatic heterocycles. The fourth-order valence-electron chi connectivity index (χ4n) is 0.572. The smallest absolute Gasteiger partial charge is 0.106 e. The second kappa shape index (κ2) is 3.58. The summed E-state index contributed by atoms with van der Waals surface area (Å²) in [6, 6.07) is 0. The SMILES string of the molecule is CCNCc1nccs1.[HH]. The van der Waals surface area contributed by atoms with Crippen LogP contribution in [0.3, 0.4) is 0 Å². The Morgan fingerprint density at radius 1 is 1.89 bits per heavy atom. The Kier molecular flexibility index (Phi) is 2.67. The molecule has 0 unspecified atom stereocenters. The third kappa shape index (κ3) is 2.11. The molecular formula is C6H12N2S. The van der Waals surface area contributed by atoms with Gasteiger partial charge in [0.15, 0.2) is 0 Å². The molecule has 0 saturated carbocycles. The van der Waals surface area contributed by atoms with Gasteiger partial charge in [-0.3, -0.25) is 0 Å². The van der Waals surface area contributed by atoms with E-state index in [1.807, 2.05) is 11.6 Å². The molecular weight excluding hydrogens is 132 g/mol.